The second-order valence-electron chi connectivity index (χ2n) is 6.20. The van der Waals surface area contributed by atoms with Crippen LogP contribution in [0.5, 0.6) is 11.5 Å². The first kappa shape index (κ1) is 17.1. The Morgan fingerprint density at radius 2 is 1.96 bits per heavy atom. The average molecular weight is 370 g/mol. The van der Waals surface area contributed by atoms with E-state index in [4.69, 9.17) is 9.47 Å². The first-order chi connectivity index (χ1) is 13.0. The van der Waals surface area contributed by atoms with E-state index in [1.54, 1.807) is 48.5 Å². The van der Waals surface area contributed by atoms with Crippen molar-refractivity contribution >= 4 is 17.3 Å². The van der Waals surface area contributed by atoms with Crippen LogP contribution >= 0.6 is 0 Å². The van der Waals surface area contributed by atoms with E-state index in [1.807, 2.05) is 0 Å². The summed E-state index contributed by atoms with van der Waals surface area (Å²) < 4.78 is 12.2. The molecule has 9 nitrogen and oxygen atoms in total. The lowest BCUT2D eigenvalue weighted by Crippen LogP contribution is -2.34. The number of aliphatic hydroxyl groups excluding tert-OH is 1. The number of benzene rings is 1. The zero-order chi connectivity index (χ0) is 19.1. The van der Waals surface area contributed by atoms with Gasteiger partial charge in [0.1, 0.15) is 17.6 Å². The van der Waals surface area contributed by atoms with Crippen LogP contribution in [0.3, 0.4) is 0 Å². The highest BCUT2D eigenvalue weighted by molar-refractivity contribution is 5.65. The Morgan fingerprint density at radius 3 is 2.67 bits per heavy atom. The maximum absolute atomic E-state index is 11.7. The number of pyridine rings is 1. The second kappa shape index (κ2) is 6.44. The van der Waals surface area contributed by atoms with Gasteiger partial charge in [-0.05, 0) is 23.1 Å². The van der Waals surface area contributed by atoms with Gasteiger partial charge in [-0.3, -0.25) is 0 Å². The summed E-state index contributed by atoms with van der Waals surface area (Å²) in [5.41, 5.74) is 1.83. The molecule has 1 unspecified atom stereocenters. The summed E-state index contributed by atoms with van der Waals surface area (Å²) in [5, 5.41) is 22.4. The zero-order valence-corrected chi connectivity index (χ0v) is 14.8. The summed E-state index contributed by atoms with van der Waals surface area (Å²) in [5.74, 6) is 1.22. The smallest absolute Gasteiger partial charge is 0.372 e. The molecule has 3 aromatic rings. The highest BCUT2D eigenvalue weighted by atomic mass is 16.6. The number of nitrogens with zero attached hydrogens (tertiary/aromatic N) is 4. The number of rotatable bonds is 4. The highest BCUT2D eigenvalue weighted by Gasteiger charge is 2.35. The number of imidazole rings is 1. The summed E-state index contributed by atoms with van der Waals surface area (Å²) in [6, 6.07) is 8.67. The van der Waals surface area contributed by atoms with E-state index in [1.165, 1.54) is 11.5 Å². The maximum Gasteiger partial charge on any atom is 0.372 e. The van der Waals surface area contributed by atoms with Crippen LogP contribution in [-0.2, 0) is 6.54 Å². The van der Waals surface area contributed by atoms with Crippen molar-refractivity contribution in [3.63, 3.8) is 0 Å². The Balaban J connectivity index is 1.86. The third kappa shape index (κ3) is 2.63. The van der Waals surface area contributed by atoms with Gasteiger partial charge in [0.25, 0.3) is 0 Å². The number of nitro groups is 1. The van der Waals surface area contributed by atoms with E-state index in [0.717, 1.165) is 5.56 Å². The predicted molar refractivity (Wildman–Crippen MR) is 97.4 cm³/mol. The molecule has 140 valence electrons. The molecule has 2 aromatic heterocycles. The highest BCUT2D eigenvalue weighted by Crippen LogP contribution is 2.42. The third-order valence-electron chi connectivity index (χ3n) is 4.75. The number of aromatic nitrogens is 2. The normalized spacial score (nSPS) is 16.3. The zero-order valence-electron chi connectivity index (χ0n) is 14.8. The molecule has 0 saturated carbocycles. The Kier molecular flexibility index (Phi) is 4.08. The molecule has 1 N–H and O–H groups in total. The van der Waals surface area contributed by atoms with Gasteiger partial charge in [-0.1, -0.05) is 6.07 Å². The molecule has 0 amide bonds. The minimum Gasteiger partial charge on any atom is -0.496 e. The molecular weight excluding hydrogens is 352 g/mol. The van der Waals surface area contributed by atoms with Gasteiger partial charge < -0.3 is 29.6 Å². The molecule has 1 aliphatic rings. The number of fused-ring (bicyclic) bond motifs is 2. The minimum atomic E-state index is -0.900. The van der Waals surface area contributed by atoms with Gasteiger partial charge in [0.05, 0.1) is 27.0 Å². The van der Waals surface area contributed by atoms with E-state index < -0.39 is 11.0 Å². The molecule has 0 fully saturated rings. The van der Waals surface area contributed by atoms with Gasteiger partial charge >= 0.3 is 5.82 Å². The number of ether oxygens (including phenoxy) is 2. The molecule has 1 atom stereocenters. The molecule has 9 heteroatoms. The Bertz CT molecular complexity index is 1030. The van der Waals surface area contributed by atoms with Crippen molar-refractivity contribution in [2.24, 2.45) is 0 Å². The van der Waals surface area contributed by atoms with Crippen LogP contribution in [0.25, 0.3) is 5.65 Å². The van der Waals surface area contributed by atoms with Gasteiger partial charge in [0, 0.05) is 23.7 Å². The monoisotopic (exact) mass is 370 g/mol. The lowest BCUT2D eigenvalue weighted by atomic mass is 9.95. The van der Waals surface area contributed by atoms with Crippen molar-refractivity contribution in [1.29, 1.82) is 0 Å². The lowest BCUT2D eigenvalue weighted by Gasteiger charge is -2.33. The number of hydrogen-bond acceptors (Lipinski definition) is 7. The number of β-amino-alcohol motifs (C(OH)–C–C–N with tert-alkyl or cyclic N) is 1. The van der Waals surface area contributed by atoms with E-state index in [9.17, 15) is 15.2 Å². The lowest BCUT2D eigenvalue weighted by molar-refractivity contribution is -0.389. The van der Waals surface area contributed by atoms with Crippen LogP contribution in [0.4, 0.5) is 11.6 Å². The summed E-state index contributed by atoms with van der Waals surface area (Å²) >= 11 is 0. The first-order valence-corrected chi connectivity index (χ1v) is 8.33. The predicted octanol–water partition coefficient (Wildman–Crippen LogP) is 2.31. The van der Waals surface area contributed by atoms with E-state index in [-0.39, 0.29) is 18.2 Å². The summed E-state index contributed by atoms with van der Waals surface area (Å²) in [7, 11) is 3.08. The van der Waals surface area contributed by atoms with Crippen LogP contribution in [0.1, 0.15) is 17.2 Å². The van der Waals surface area contributed by atoms with Crippen LogP contribution in [-0.4, -0.2) is 40.2 Å². The second-order valence-corrected chi connectivity index (χ2v) is 6.20. The van der Waals surface area contributed by atoms with Gasteiger partial charge in [0.15, 0.2) is 0 Å². The van der Waals surface area contributed by atoms with Gasteiger partial charge in [0.2, 0.25) is 11.5 Å². The Labute approximate surface area is 154 Å². The molecule has 27 heavy (non-hydrogen) atoms. The maximum atomic E-state index is 11.7. The molecule has 0 aliphatic carbocycles. The van der Waals surface area contributed by atoms with Crippen LogP contribution in [0, 0.1) is 10.1 Å². The summed E-state index contributed by atoms with van der Waals surface area (Å²) in [6.07, 6.45) is 0.699. The standard InChI is InChI=1S/C18H18N4O5/c1-26-13-6-7-14(27-2)16-11(13)9-20(10-12(16)23)17-18(22(24)25)21-8-4-3-5-15(21)19-17/h3-8,12,23H,9-10H2,1-2H3. The molecule has 0 radical (unpaired) electrons. The van der Waals surface area contributed by atoms with Crippen molar-refractivity contribution in [2.45, 2.75) is 12.6 Å². The fourth-order valence-electron chi connectivity index (χ4n) is 3.59. The molecular formula is C18H18N4O5. The molecule has 0 saturated heterocycles. The molecule has 3 heterocycles. The van der Waals surface area contributed by atoms with Crippen molar-refractivity contribution < 1.29 is 19.5 Å². The molecule has 1 aromatic carbocycles. The van der Waals surface area contributed by atoms with Gasteiger partial charge in [-0.25, -0.2) is 0 Å². The molecule has 4 rings (SSSR count). The Hall–Kier alpha value is -3.33. The molecule has 0 spiro atoms. The number of methoxy groups -OCH3 is 2. The Morgan fingerprint density at radius 1 is 1.22 bits per heavy atom. The quantitative estimate of drug-likeness (QED) is 0.555. The topological polar surface area (TPSA) is 102 Å². The summed E-state index contributed by atoms with van der Waals surface area (Å²) in [4.78, 5) is 17.4. The van der Waals surface area contributed by atoms with Crippen molar-refractivity contribution in [1.82, 2.24) is 9.38 Å². The SMILES string of the molecule is COc1ccc(OC)c2c1CN(c1nc3ccccn3c1[N+](=O)[O-])CC2O. The average Bonchev–Trinajstić information content (AvgIpc) is 3.06. The van der Waals surface area contributed by atoms with Crippen molar-refractivity contribution in [3.05, 3.63) is 57.8 Å². The van der Waals surface area contributed by atoms with Gasteiger partial charge in [-0.2, -0.15) is 9.38 Å². The number of anilines is 1. The largest absolute Gasteiger partial charge is 0.496 e. The van der Waals surface area contributed by atoms with E-state index >= 15 is 0 Å². The third-order valence-corrected chi connectivity index (χ3v) is 4.75. The van der Waals surface area contributed by atoms with E-state index in [2.05, 4.69) is 4.98 Å². The summed E-state index contributed by atoms with van der Waals surface area (Å²) in [6.45, 7) is 0.457. The van der Waals surface area contributed by atoms with E-state index in [0.29, 0.717) is 29.3 Å². The van der Waals surface area contributed by atoms with Crippen molar-refractivity contribution in [3.8, 4) is 11.5 Å². The first-order valence-electron chi connectivity index (χ1n) is 8.33. The fourth-order valence-corrected chi connectivity index (χ4v) is 3.59. The number of hydrogen-bond donors (Lipinski definition) is 1. The van der Waals surface area contributed by atoms with Crippen molar-refractivity contribution in [2.75, 3.05) is 25.7 Å². The van der Waals surface area contributed by atoms with Crippen LogP contribution in [0.15, 0.2) is 36.5 Å². The number of aliphatic hydroxyl groups is 1. The fraction of sp³-hybridized carbons (Fsp3) is 0.278. The van der Waals surface area contributed by atoms with Crippen LogP contribution in [0.2, 0.25) is 0 Å². The van der Waals surface area contributed by atoms with Crippen LogP contribution < -0.4 is 14.4 Å². The minimum absolute atomic E-state index is 0.136. The van der Waals surface area contributed by atoms with Gasteiger partial charge in [-0.15, -0.1) is 0 Å². The molecule has 0 bridgehead atoms. The molecule has 1 aliphatic heterocycles.